The molecule has 0 aromatic carbocycles. The van der Waals surface area contributed by atoms with E-state index in [1.807, 2.05) is 0 Å². The summed E-state index contributed by atoms with van der Waals surface area (Å²) in [6.45, 7) is 8.64. The molecule has 0 aromatic heterocycles. The lowest BCUT2D eigenvalue weighted by molar-refractivity contribution is -0.345. The van der Waals surface area contributed by atoms with Crippen LogP contribution in [-0.4, -0.2) is 174 Å². The van der Waals surface area contributed by atoms with E-state index < -0.39 is 150 Å². The van der Waals surface area contributed by atoms with E-state index in [0.717, 1.165) is 25.6 Å². The smallest absolute Gasteiger partial charge is 0.354 e. The first-order chi connectivity index (χ1) is 29.2. The zero-order valence-electron chi connectivity index (χ0n) is 35.5. The van der Waals surface area contributed by atoms with Crippen molar-refractivity contribution < 1.29 is 97.4 Å². The van der Waals surface area contributed by atoms with Gasteiger partial charge in [0, 0.05) is 33.1 Å². The minimum Gasteiger partial charge on any atom is -0.508 e. The van der Waals surface area contributed by atoms with Crippen LogP contribution < -0.4 is 10.6 Å². The topological polar surface area (TPSA) is 353 Å². The number of ketones is 1. The molecule has 3 aliphatic rings. The molecular weight excluding hydrogens is 883 g/mol. The van der Waals surface area contributed by atoms with Crippen LogP contribution in [0.3, 0.4) is 0 Å². The number of thiocarbonyl (C=S) groups is 1. The molecular formula is C38H53N3O20S2. The molecule has 1 amide bonds. The van der Waals surface area contributed by atoms with Crippen molar-refractivity contribution in [3.63, 3.8) is 0 Å². The van der Waals surface area contributed by atoms with Gasteiger partial charge in [-0.1, -0.05) is 43.9 Å². The molecule has 63 heavy (non-hydrogen) atoms. The fraction of sp³-hybridized carbons (Fsp3) is 0.658. The lowest BCUT2D eigenvalue weighted by Gasteiger charge is -2.52. The number of hydrogen-bond donors (Lipinski definition) is 9. The molecule has 2 fully saturated rings. The van der Waals surface area contributed by atoms with E-state index in [2.05, 4.69) is 10.6 Å². The van der Waals surface area contributed by atoms with E-state index >= 15 is 0 Å². The monoisotopic (exact) mass is 935 g/mol. The summed E-state index contributed by atoms with van der Waals surface area (Å²) in [6.07, 6.45) is -15.9. The van der Waals surface area contributed by atoms with Crippen molar-refractivity contribution in [1.82, 2.24) is 10.6 Å². The number of esters is 3. The highest BCUT2D eigenvalue weighted by Crippen LogP contribution is 2.42. The van der Waals surface area contributed by atoms with Gasteiger partial charge in [0.15, 0.2) is 29.4 Å². The molecule has 1 aliphatic carbocycles. The van der Waals surface area contributed by atoms with E-state index in [4.69, 9.17) is 50.8 Å². The highest BCUT2D eigenvalue weighted by molar-refractivity contribution is 8.23. The molecule has 2 heterocycles. The molecule has 12 atom stereocenters. The first kappa shape index (κ1) is 52.7. The van der Waals surface area contributed by atoms with Crippen LogP contribution in [0.1, 0.15) is 61.3 Å². The molecule has 25 heteroatoms. The maximum absolute atomic E-state index is 13.9. The van der Waals surface area contributed by atoms with Gasteiger partial charge in [-0.25, -0.2) is 14.4 Å². The summed E-state index contributed by atoms with van der Waals surface area (Å²) in [5, 5.41) is 79.0. The molecule has 3 rings (SSSR count). The van der Waals surface area contributed by atoms with Crippen molar-refractivity contribution in [1.29, 1.82) is 5.41 Å². The Balaban J connectivity index is 2.11. The highest BCUT2D eigenvalue weighted by atomic mass is 32.2. The molecule has 0 aromatic rings. The molecule has 0 radical (unpaired) electrons. The number of aliphatic carboxylic acids is 2. The summed E-state index contributed by atoms with van der Waals surface area (Å²) in [5.74, 6) is -10.3. The van der Waals surface area contributed by atoms with Gasteiger partial charge in [-0.3, -0.25) is 24.6 Å². The number of carbonyl (C=O) groups excluding carboxylic acids is 5. The summed E-state index contributed by atoms with van der Waals surface area (Å²) in [4.78, 5) is 86.7. The summed E-state index contributed by atoms with van der Waals surface area (Å²) in [5.41, 5.74) is -7.97. The molecule has 352 valence electrons. The number of ether oxygens (including phenoxy) is 7. The number of aliphatic hydroxyl groups is 4. The minimum atomic E-state index is -3.10. The standard InChI is InChI=1S/C38H53N3O20S2/c1-9-19(41-36(62)63-13-20(32(47)48)40-17(6)42)35(52)61-28-22(12-56-18(7)43)59-31(37(53)11-21(44)26(39)25(30(37)46)33(49)50)27(45)29(28)60-24-10-23(55-8)38(54,15(4)57-24)16(5)58-34(51)14(2)3/h9,14-16,20,22-24,27-29,31,39,45-46,53-54H,10-13H2,1-8H3,(H,40,42)(H,41,62)(H,47,48)(H,49,50)/b19-9+,39-26?/t15-,16?,20?,22+,23-,24+,27+,28+,29-,31?,37?,38-/m0/s1. The average molecular weight is 936 g/mol. The number of rotatable bonds is 17. The predicted molar refractivity (Wildman–Crippen MR) is 218 cm³/mol. The third-order valence-corrected chi connectivity index (χ3v) is 11.7. The second kappa shape index (κ2) is 21.9. The Morgan fingerprint density at radius 2 is 1.71 bits per heavy atom. The molecule has 2 aliphatic heterocycles. The Bertz CT molecular complexity index is 1890. The second-order valence-corrected chi connectivity index (χ2v) is 16.8. The lowest BCUT2D eigenvalue weighted by atomic mass is 9.74. The summed E-state index contributed by atoms with van der Waals surface area (Å²) < 4.78 is 40.1. The van der Waals surface area contributed by atoms with Crippen molar-refractivity contribution >= 4 is 75.5 Å². The van der Waals surface area contributed by atoms with Crippen molar-refractivity contribution in [2.24, 2.45) is 5.92 Å². The van der Waals surface area contributed by atoms with Crippen LogP contribution in [0.2, 0.25) is 0 Å². The van der Waals surface area contributed by atoms with E-state index in [1.54, 1.807) is 13.8 Å². The van der Waals surface area contributed by atoms with E-state index in [1.165, 1.54) is 34.0 Å². The number of aliphatic hydroxyl groups excluding tert-OH is 2. The van der Waals surface area contributed by atoms with Gasteiger partial charge in [-0.15, -0.1) is 0 Å². The Morgan fingerprint density at radius 3 is 2.24 bits per heavy atom. The van der Waals surface area contributed by atoms with Crippen LogP contribution in [0.5, 0.6) is 0 Å². The number of carboxylic acid groups (broad SMARTS) is 2. The molecule has 2 saturated heterocycles. The van der Waals surface area contributed by atoms with Crippen molar-refractivity contribution in [2.75, 3.05) is 19.5 Å². The van der Waals surface area contributed by atoms with Crippen molar-refractivity contribution in [2.45, 2.75) is 134 Å². The van der Waals surface area contributed by atoms with Crippen LogP contribution in [0.4, 0.5) is 0 Å². The maximum atomic E-state index is 13.9. The van der Waals surface area contributed by atoms with Crippen LogP contribution in [-0.2, 0) is 66.7 Å². The largest absolute Gasteiger partial charge is 0.508 e. The van der Waals surface area contributed by atoms with Crippen molar-refractivity contribution in [3.8, 4) is 0 Å². The number of carbonyl (C=O) groups is 7. The summed E-state index contributed by atoms with van der Waals surface area (Å²) in [6, 6.07) is -1.36. The number of thioether (sulfide) groups is 1. The zero-order chi connectivity index (χ0) is 47.9. The number of Topliss-reactive ketones (excluding diaryl/α,β-unsaturated/α-hetero) is 1. The maximum Gasteiger partial charge on any atom is 0.354 e. The van der Waals surface area contributed by atoms with Gasteiger partial charge in [0.25, 0.3) is 0 Å². The number of carboxylic acids is 2. The average Bonchev–Trinajstić information content (AvgIpc) is 3.19. The molecule has 0 bridgehead atoms. The van der Waals surface area contributed by atoms with Crippen LogP contribution in [0.25, 0.3) is 0 Å². The Kier molecular flexibility index (Phi) is 18.3. The van der Waals surface area contributed by atoms with E-state index in [0.29, 0.717) is 0 Å². The van der Waals surface area contributed by atoms with Crippen molar-refractivity contribution in [3.05, 3.63) is 23.1 Å². The summed E-state index contributed by atoms with van der Waals surface area (Å²) in [7, 11) is 1.24. The first-order valence-electron chi connectivity index (χ1n) is 19.3. The van der Waals surface area contributed by atoms with Gasteiger partial charge in [0.05, 0.1) is 24.5 Å². The van der Waals surface area contributed by atoms with Crippen LogP contribution in [0, 0.1) is 11.3 Å². The molecule has 9 N–H and O–H groups in total. The highest BCUT2D eigenvalue weighted by Gasteiger charge is 2.62. The van der Waals surface area contributed by atoms with Crippen LogP contribution >= 0.6 is 24.0 Å². The fourth-order valence-electron chi connectivity index (χ4n) is 7.00. The Hall–Kier alpha value is -4.60. The third kappa shape index (κ3) is 12.2. The van der Waals surface area contributed by atoms with Crippen LogP contribution in [0.15, 0.2) is 23.1 Å². The quantitative estimate of drug-likeness (QED) is 0.0372. The molecule has 0 spiro atoms. The van der Waals surface area contributed by atoms with Gasteiger partial charge in [-0.2, -0.15) is 0 Å². The Labute approximate surface area is 370 Å². The van der Waals surface area contributed by atoms with Gasteiger partial charge >= 0.3 is 29.8 Å². The normalized spacial score (nSPS) is 31.1. The summed E-state index contributed by atoms with van der Waals surface area (Å²) >= 11 is 6.02. The molecule has 4 unspecified atom stereocenters. The first-order valence-corrected chi connectivity index (χ1v) is 20.7. The number of amides is 1. The minimum absolute atomic E-state index is 0.164. The second-order valence-electron chi connectivity index (χ2n) is 15.1. The lowest BCUT2D eigenvalue weighted by Crippen LogP contribution is -2.70. The van der Waals surface area contributed by atoms with Gasteiger partial charge in [0.2, 0.25) is 5.91 Å². The number of hydrogen-bond acceptors (Lipinski definition) is 21. The van der Waals surface area contributed by atoms with Gasteiger partial charge < -0.3 is 74.4 Å². The van der Waals surface area contributed by atoms with E-state index in [-0.39, 0.29) is 22.2 Å². The van der Waals surface area contributed by atoms with Gasteiger partial charge in [-0.05, 0) is 20.8 Å². The third-order valence-electron chi connectivity index (χ3n) is 10.4. The van der Waals surface area contributed by atoms with E-state index in [9.17, 15) is 64.2 Å². The fourth-order valence-corrected chi connectivity index (χ4v) is 8.04. The SMILES string of the molecule is C/C=C(/NC(=S)SCC(NC(C)=O)C(=O)O)C(=O)O[C@H]1[C@@H](O[C@@H]2C[C@H](OC)[C@@](O)(C(C)OC(=O)C(C)C)[C@H](C)O2)[C@@H](O)C(C2(O)CC(=O)C(=N)C(C(=O)O)=C2O)O[C@@H]1COC(C)=O. The Morgan fingerprint density at radius 1 is 1.08 bits per heavy atom. The number of nitrogens with one attached hydrogen (secondary N) is 3. The molecule has 0 saturated carbocycles. The van der Waals surface area contributed by atoms with Gasteiger partial charge in [0.1, 0.15) is 70.2 Å². The number of methoxy groups -OCH3 is 1. The molecule has 23 nitrogen and oxygen atoms in total. The number of allylic oxidation sites excluding steroid dienone is 1. The predicted octanol–water partition coefficient (Wildman–Crippen LogP) is -0.835. The zero-order valence-corrected chi connectivity index (χ0v) is 37.1.